The molecule has 2 nitrogen and oxygen atoms in total. The highest BCUT2D eigenvalue weighted by Crippen LogP contribution is 2.22. The average molecular weight is 301 g/mol. The molecule has 0 aliphatic heterocycles. The number of nitrogen functional groups attached to an aromatic ring is 1. The number of hydrogen-bond donors (Lipinski definition) is 1. The maximum atomic E-state index is 5.71. The van der Waals surface area contributed by atoms with Crippen LogP contribution >= 0.6 is 11.8 Å². The Morgan fingerprint density at radius 2 is 1.86 bits per heavy atom. The van der Waals surface area contributed by atoms with Gasteiger partial charge in [0.25, 0.3) is 0 Å². The number of nitrogens with two attached hydrogens (primary N) is 1. The first-order valence-electron chi connectivity index (χ1n) is 7.36. The molecule has 112 valence electrons. The van der Waals surface area contributed by atoms with Gasteiger partial charge in [0.05, 0.1) is 6.61 Å². The molecule has 2 rings (SSSR count). The molecule has 0 saturated heterocycles. The van der Waals surface area contributed by atoms with Gasteiger partial charge in [-0.2, -0.15) is 0 Å². The van der Waals surface area contributed by atoms with Crippen molar-refractivity contribution in [3.05, 3.63) is 54.1 Å². The number of benzene rings is 2. The maximum Gasteiger partial charge on any atom is 0.121 e. The zero-order valence-electron chi connectivity index (χ0n) is 12.7. The summed E-state index contributed by atoms with van der Waals surface area (Å²) in [5, 5.41) is 0. The molecule has 2 N–H and O–H groups in total. The van der Waals surface area contributed by atoms with Crippen molar-refractivity contribution < 1.29 is 4.74 Å². The molecule has 0 amide bonds. The largest absolute Gasteiger partial charge is 0.493 e. The van der Waals surface area contributed by atoms with Crippen molar-refractivity contribution in [2.75, 3.05) is 18.1 Å². The number of ether oxygens (including phenoxy) is 1. The van der Waals surface area contributed by atoms with E-state index in [1.807, 2.05) is 36.0 Å². The predicted octanol–water partition coefficient (Wildman–Crippen LogP) is 4.95. The van der Waals surface area contributed by atoms with Crippen LogP contribution in [0.15, 0.2) is 53.4 Å². The van der Waals surface area contributed by atoms with Gasteiger partial charge in [0.15, 0.2) is 0 Å². The van der Waals surface area contributed by atoms with E-state index in [9.17, 15) is 0 Å². The highest BCUT2D eigenvalue weighted by atomic mass is 32.2. The summed E-state index contributed by atoms with van der Waals surface area (Å²) >= 11 is 1.87. The van der Waals surface area contributed by atoms with Crippen molar-refractivity contribution in [3.8, 4) is 5.75 Å². The SMILES string of the molecule is CC(C)c1ccc(SCCCOc2cccc(N)c2)cc1. The zero-order valence-corrected chi connectivity index (χ0v) is 13.5. The minimum atomic E-state index is 0.593. The lowest BCUT2D eigenvalue weighted by Crippen LogP contribution is -1.99. The van der Waals surface area contributed by atoms with E-state index < -0.39 is 0 Å². The molecular formula is C18H23NOS. The van der Waals surface area contributed by atoms with Gasteiger partial charge >= 0.3 is 0 Å². The molecular weight excluding hydrogens is 278 g/mol. The lowest BCUT2D eigenvalue weighted by atomic mass is 10.0. The highest BCUT2D eigenvalue weighted by Gasteiger charge is 2.00. The van der Waals surface area contributed by atoms with E-state index in [1.54, 1.807) is 0 Å². The van der Waals surface area contributed by atoms with Crippen LogP contribution in [0.2, 0.25) is 0 Å². The van der Waals surface area contributed by atoms with Crippen LogP contribution in [0, 0.1) is 0 Å². The summed E-state index contributed by atoms with van der Waals surface area (Å²) in [4.78, 5) is 1.32. The molecule has 0 radical (unpaired) electrons. The van der Waals surface area contributed by atoms with Crippen LogP contribution in [0.5, 0.6) is 5.75 Å². The second-order valence-corrected chi connectivity index (χ2v) is 6.52. The number of anilines is 1. The van der Waals surface area contributed by atoms with Gasteiger partial charge < -0.3 is 10.5 Å². The van der Waals surface area contributed by atoms with Gasteiger partial charge in [-0.1, -0.05) is 32.0 Å². The normalized spacial score (nSPS) is 10.8. The lowest BCUT2D eigenvalue weighted by Gasteiger charge is -2.08. The molecule has 2 aromatic carbocycles. The molecule has 0 aromatic heterocycles. The smallest absolute Gasteiger partial charge is 0.121 e. The zero-order chi connectivity index (χ0) is 15.1. The molecule has 2 aromatic rings. The molecule has 21 heavy (non-hydrogen) atoms. The Hall–Kier alpha value is -1.61. The summed E-state index contributed by atoms with van der Waals surface area (Å²) in [5.74, 6) is 2.50. The van der Waals surface area contributed by atoms with Gasteiger partial charge in [0.1, 0.15) is 5.75 Å². The van der Waals surface area contributed by atoms with Crippen LogP contribution in [0.1, 0.15) is 31.7 Å². The summed E-state index contributed by atoms with van der Waals surface area (Å²) in [5.41, 5.74) is 7.85. The van der Waals surface area contributed by atoms with E-state index in [0.717, 1.165) is 30.2 Å². The van der Waals surface area contributed by atoms with Crippen molar-refractivity contribution in [3.63, 3.8) is 0 Å². The Bertz CT molecular complexity index is 551. The van der Waals surface area contributed by atoms with Crippen LogP contribution in [0.3, 0.4) is 0 Å². The number of rotatable bonds is 7. The first-order valence-corrected chi connectivity index (χ1v) is 8.35. The number of hydrogen-bond acceptors (Lipinski definition) is 3. The highest BCUT2D eigenvalue weighted by molar-refractivity contribution is 7.99. The predicted molar refractivity (Wildman–Crippen MR) is 92.2 cm³/mol. The molecule has 0 aliphatic carbocycles. The fourth-order valence-corrected chi connectivity index (χ4v) is 2.82. The van der Waals surface area contributed by atoms with E-state index in [-0.39, 0.29) is 0 Å². The van der Waals surface area contributed by atoms with Crippen molar-refractivity contribution in [2.24, 2.45) is 0 Å². The van der Waals surface area contributed by atoms with Crippen LogP contribution in [0.25, 0.3) is 0 Å². The first kappa shape index (κ1) is 15.8. The molecule has 0 spiro atoms. The molecule has 0 aliphatic rings. The van der Waals surface area contributed by atoms with Gasteiger partial charge in [-0.3, -0.25) is 0 Å². The third-order valence-corrected chi connectivity index (χ3v) is 4.33. The van der Waals surface area contributed by atoms with Crippen molar-refractivity contribution in [1.82, 2.24) is 0 Å². The van der Waals surface area contributed by atoms with Crippen LogP contribution < -0.4 is 10.5 Å². The molecule has 0 unspecified atom stereocenters. The van der Waals surface area contributed by atoms with E-state index in [0.29, 0.717) is 5.92 Å². The third kappa shape index (κ3) is 5.35. The summed E-state index contributed by atoms with van der Waals surface area (Å²) in [6.45, 7) is 5.16. The van der Waals surface area contributed by atoms with E-state index >= 15 is 0 Å². The van der Waals surface area contributed by atoms with Crippen molar-refractivity contribution >= 4 is 17.4 Å². The molecule has 0 saturated carbocycles. The fourth-order valence-electron chi connectivity index (χ4n) is 1.99. The van der Waals surface area contributed by atoms with Crippen molar-refractivity contribution in [1.29, 1.82) is 0 Å². The van der Waals surface area contributed by atoms with Gasteiger partial charge in [0, 0.05) is 22.4 Å². The Kier molecular flexibility index (Phi) is 6.00. The first-order chi connectivity index (χ1) is 10.1. The molecule has 0 bridgehead atoms. The minimum absolute atomic E-state index is 0.593. The summed E-state index contributed by atoms with van der Waals surface area (Å²) in [6, 6.07) is 16.4. The minimum Gasteiger partial charge on any atom is -0.493 e. The quantitative estimate of drug-likeness (QED) is 0.446. The molecule has 0 heterocycles. The molecule has 0 fully saturated rings. The van der Waals surface area contributed by atoms with Crippen LogP contribution in [0.4, 0.5) is 5.69 Å². The van der Waals surface area contributed by atoms with Crippen LogP contribution in [-0.4, -0.2) is 12.4 Å². The fraction of sp³-hybridized carbons (Fsp3) is 0.333. The Morgan fingerprint density at radius 3 is 2.52 bits per heavy atom. The van der Waals surface area contributed by atoms with E-state index in [4.69, 9.17) is 10.5 Å². The topological polar surface area (TPSA) is 35.2 Å². The Morgan fingerprint density at radius 1 is 1.10 bits per heavy atom. The number of thioether (sulfide) groups is 1. The standard InChI is InChI=1S/C18H23NOS/c1-14(2)15-7-9-18(10-8-15)21-12-4-11-20-17-6-3-5-16(19)13-17/h3,5-10,13-14H,4,11-12,19H2,1-2H3. The summed E-state index contributed by atoms with van der Waals surface area (Å²) in [7, 11) is 0. The van der Waals surface area contributed by atoms with Gasteiger partial charge in [-0.15, -0.1) is 11.8 Å². The van der Waals surface area contributed by atoms with E-state index in [1.165, 1.54) is 10.5 Å². The average Bonchev–Trinajstić information content (AvgIpc) is 2.47. The van der Waals surface area contributed by atoms with Gasteiger partial charge in [0.2, 0.25) is 0 Å². The molecule has 0 atom stereocenters. The molecule has 3 heteroatoms. The third-order valence-electron chi connectivity index (χ3n) is 3.23. The van der Waals surface area contributed by atoms with Crippen molar-refractivity contribution in [2.45, 2.75) is 31.1 Å². The summed E-state index contributed by atoms with van der Waals surface area (Å²) < 4.78 is 5.68. The van der Waals surface area contributed by atoms with Crippen LogP contribution in [-0.2, 0) is 0 Å². The second kappa shape index (κ2) is 7.99. The van der Waals surface area contributed by atoms with E-state index in [2.05, 4.69) is 38.1 Å². The Labute approximate surface area is 131 Å². The Balaban J connectivity index is 1.67. The summed E-state index contributed by atoms with van der Waals surface area (Å²) in [6.07, 6.45) is 1.02. The lowest BCUT2D eigenvalue weighted by molar-refractivity contribution is 0.319. The second-order valence-electron chi connectivity index (χ2n) is 5.35. The van der Waals surface area contributed by atoms with Gasteiger partial charge in [-0.25, -0.2) is 0 Å². The monoisotopic (exact) mass is 301 g/mol. The maximum absolute atomic E-state index is 5.71. The van der Waals surface area contributed by atoms with Gasteiger partial charge in [-0.05, 0) is 42.2 Å².